The second kappa shape index (κ2) is 6.52. The summed E-state index contributed by atoms with van der Waals surface area (Å²) in [4.78, 5) is 20.7. The van der Waals surface area contributed by atoms with Gasteiger partial charge in [0.1, 0.15) is 5.60 Å². The van der Waals surface area contributed by atoms with Crippen LogP contribution < -0.4 is 5.32 Å². The Bertz CT molecular complexity index is 831. The topological polar surface area (TPSA) is 75.1 Å². The maximum absolute atomic E-state index is 15.5. The summed E-state index contributed by atoms with van der Waals surface area (Å²) in [7, 11) is 0. The van der Waals surface area contributed by atoms with E-state index in [4.69, 9.17) is 23.2 Å². The first kappa shape index (κ1) is 18.0. The second-order valence-electron chi connectivity index (χ2n) is 6.24. The molecule has 1 amide bonds. The van der Waals surface area contributed by atoms with Crippen LogP contribution in [0.5, 0.6) is 0 Å². The first-order valence-corrected chi connectivity index (χ1v) is 8.45. The molecule has 2 heterocycles. The van der Waals surface area contributed by atoms with Crippen LogP contribution >= 0.6 is 23.2 Å². The number of pyridine rings is 2. The highest BCUT2D eigenvalue weighted by Crippen LogP contribution is 2.45. The third-order valence-corrected chi connectivity index (χ3v) is 4.90. The molecule has 0 spiro atoms. The number of carbonyl (C=O) groups excluding carboxylic acids is 1. The molecule has 0 fully saturated rings. The van der Waals surface area contributed by atoms with Gasteiger partial charge in [0.25, 0.3) is 5.91 Å². The van der Waals surface area contributed by atoms with Crippen LogP contribution in [0.4, 0.5) is 4.39 Å². The van der Waals surface area contributed by atoms with Crippen LogP contribution in [-0.4, -0.2) is 21.0 Å². The van der Waals surface area contributed by atoms with Crippen molar-refractivity contribution in [2.24, 2.45) is 0 Å². The van der Waals surface area contributed by atoms with Gasteiger partial charge in [-0.25, -0.2) is 4.39 Å². The van der Waals surface area contributed by atoms with Crippen molar-refractivity contribution in [2.75, 3.05) is 0 Å². The van der Waals surface area contributed by atoms with Crippen LogP contribution in [0.3, 0.4) is 0 Å². The third-order valence-electron chi connectivity index (χ3n) is 4.36. The lowest BCUT2D eigenvalue weighted by Gasteiger charge is -2.37. The zero-order chi connectivity index (χ0) is 18.2. The number of aromatic nitrogens is 2. The molecule has 0 aliphatic heterocycles. The molecule has 5 nitrogen and oxygen atoms in total. The van der Waals surface area contributed by atoms with E-state index < -0.39 is 17.2 Å². The quantitative estimate of drug-likeness (QED) is 0.852. The van der Waals surface area contributed by atoms with Crippen molar-refractivity contribution >= 4 is 29.1 Å². The summed E-state index contributed by atoms with van der Waals surface area (Å²) in [5.41, 5.74) is -2.89. The number of nitrogens with one attached hydrogen (secondary N) is 1. The molecule has 3 rings (SSSR count). The maximum Gasteiger partial charge on any atom is 0.262 e. The lowest BCUT2D eigenvalue weighted by Crippen LogP contribution is -2.47. The summed E-state index contributed by atoms with van der Waals surface area (Å²) in [6.07, 6.45) is 2.80. The number of nitrogens with zero attached hydrogens (tertiary/aromatic N) is 2. The molecule has 8 heteroatoms. The molecule has 1 aliphatic rings. The molecule has 2 unspecified atom stereocenters. The van der Waals surface area contributed by atoms with Gasteiger partial charge in [-0.15, -0.1) is 0 Å². The Morgan fingerprint density at radius 2 is 2.16 bits per heavy atom. The standard InChI is InChI=1S/C17H16Cl2FN3O2/c1-16(25)4-5-17(20,11-3-2-6-21-14(11)16)15(24)23-9-13-12(19)7-10(18)8-22-13/h2-3,6-8,25H,4-5,9H2,1H3,(H,23,24). The lowest BCUT2D eigenvalue weighted by atomic mass is 9.75. The van der Waals surface area contributed by atoms with E-state index in [1.807, 2.05) is 0 Å². The monoisotopic (exact) mass is 383 g/mol. The van der Waals surface area contributed by atoms with Gasteiger partial charge in [-0.2, -0.15) is 0 Å². The number of hydrogen-bond donors (Lipinski definition) is 2. The fourth-order valence-corrected chi connectivity index (χ4v) is 3.38. The Labute approximate surface area is 154 Å². The average molecular weight is 384 g/mol. The Morgan fingerprint density at radius 1 is 1.40 bits per heavy atom. The van der Waals surface area contributed by atoms with Crippen LogP contribution in [0.2, 0.25) is 10.0 Å². The van der Waals surface area contributed by atoms with Crippen molar-refractivity contribution < 1.29 is 14.3 Å². The molecule has 1 aliphatic carbocycles. The van der Waals surface area contributed by atoms with Gasteiger partial charge in [-0.05, 0) is 31.9 Å². The molecule has 0 saturated carbocycles. The Morgan fingerprint density at radius 3 is 2.88 bits per heavy atom. The number of fused-ring (bicyclic) bond motifs is 1. The van der Waals surface area contributed by atoms with E-state index >= 15 is 4.39 Å². The van der Waals surface area contributed by atoms with Crippen LogP contribution in [0, 0.1) is 0 Å². The molecule has 2 atom stereocenters. The van der Waals surface area contributed by atoms with Crippen LogP contribution in [-0.2, 0) is 22.6 Å². The molecule has 2 aromatic rings. The van der Waals surface area contributed by atoms with E-state index in [9.17, 15) is 9.90 Å². The Kier molecular flexibility index (Phi) is 4.70. The molecule has 132 valence electrons. The van der Waals surface area contributed by atoms with Crippen molar-refractivity contribution in [2.45, 2.75) is 37.6 Å². The average Bonchev–Trinajstić information content (AvgIpc) is 2.58. The van der Waals surface area contributed by atoms with Crippen molar-refractivity contribution in [3.8, 4) is 0 Å². The van der Waals surface area contributed by atoms with Gasteiger partial charge < -0.3 is 10.4 Å². The Hall–Kier alpha value is -1.76. The van der Waals surface area contributed by atoms with E-state index in [0.29, 0.717) is 10.7 Å². The van der Waals surface area contributed by atoms with Gasteiger partial charge >= 0.3 is 0 Å². The van der Waals surface area contributed by atoms with Gasteiger partial charge in [-0.1, -0.05) is 29.3 Å². The molecule has 0 radical (unpaired) electrons. The number of aliphatic hydroxyl groups is 1. The summed E-state index contributed by atoms with van der Waals surface area (Å²) in [5.74, 6) is -0.815. The molecule has 0 saturated heterocycles. The highest BCUT2D eigenvalue weighted by atomic mass is 35.5. The van der Waals surface area contributed by atoms with Crippen LogP contribution in [0.1, 0.15) is 36.7 Å². The largest absolute Gasteiger partial charge is 0.384 e. The number of rotatable bonds is 3. The molecule has 2 aromatic heterocycles. The predicted octanol–water partition coefficient (Wildman–Crippen LogP) is 3.27. The zero-order valence-electron chi connectivity index (χ0n) is 13.4. The smallest absolute Gasteiger partial charge is 0.262 e. The van der Waals surface area contributed by atoms with Crippen molar-refractivity contribution in [3.63, 3.8) is 0 Å². The molecule has 2 N–H and O–H groups in total. The minimum atomic E-state index is -2.27. The molecule has 0 bridgehead atoms. The van der Waals surface area contributed by atoms with E-state index in [1.54, 1.807) is 13.0 Å². The minimum absolute atomic E-state index is 0.0352. The zero-order valence-corrected chi connectivity index (χ0v) is 14.9. The summed E-state index contributed by atoms with van der Waals surface area (Å²) in [5, 5.41) is 13.6. The first-order chi connectivity index (χ1) is 11.7. The van der Waals surface area contributed by atoms with Crippen molar-refractivity contribution in [1.82, 2.24) is 15.3 Å². The second-order valence-corrected chi connectivity index (χ2v) is 7.08. The van der Waals surface area contributed by atoms with E-state index in [1.165, 1.54) is 24.5 Å². The third kappa shape index (κ3) is 3.34. The van der Waals surface area contributed by atoms with Crippen LogP contribution in [0.25, 0.3) is 0 Å². The number of carbonyl (C=O) groups is 1. The number of halogens is 3. The van der Waals surface area contributed by atoms with Crippen molar-refractivity contribution in [3.05, 3.63) is 57.6 Å². The maximum atomic E-state index is 15.5. The van der Waals surface area contributed by atoms with E-state index in [-0.39, 0.29) is 35.7 Å². The van der Waals surface area contributed by atoms with Gasteiger partial charge in [0.05, 0.1) is 28.0 Å². The predicted molar refractivity (Wildman–Crippen MR) is 91.9 cm³/mol. The summed E-state index contributed by atoms with van der Waals surface area (Å²) < 4.78 is 15.5. The normalized spacial score (nSPS) is 25.3. The number of alkyl halides is 1. The summed E-state index contributed by atoms with van der Waals surface area (Å²) in [6, 6.07) is 4.52. The summed E-state index contributed by atoms with van der Waals surface area (Å²) in [6.45, 7) is 1.53. The Balaban J connectivity index is 1.84. The summed E-state index contributed by atoms with van der Waals surface area (Å²) >= 11 is 11.8. The van der Waals surface area contributed by atoms with Gasteiger partial charge in [0, 0.05) is 18.0 Å². The highest BCUT2D eigenvalue weighted by Gasteiger charge is 2.50. The first-order valence-electron chi connectivity index (χ1n) is 7.69. The molecular weight excluding hydrogens is 368 g/mol. The fraction of sp³-hybridized carbons (Fsp3) is 0.353. The van der Waals surface area contributed by atoms with E-state index in [0.717, 1.165) is 0 Å². The molecule has 25 heavy (non-hydrogen) atoms. The van der Waals surface area contributed by atoms with Gasteiger partial charge in [0.15, 0.2) is 0 Å². The minimum Gasteiger partial charge on any atom is -0.384 e. The highest BCUT2D eigenvalue weighted by molar-refractivity contribution is 6.34. The van der Waals surface area contributed by atoms with E-state index in [2.05, 4.69) is 15.3 Å². The lowest BCUT2D eigenvalue weighted by molar-refractivity contribution is -0.136. The van der Waals surface area contributed by atoms with Crippen molar-refractivity contribution in [1.29, 1.82) is 0 Å². The molecule has 0 aromatic carbocycles. The van der Waals surface area contributed by atoms with Gasteiger partial charge in [0.2, 0.25) is 5.67 Å². The number of hydrogen-bond acceptors (Lipinski definition) is 4. The SMILES string of the molecule is CC1(O)CCC(F)(C(=O)NCc2ncc(Cl)cc2Cl)c2cccnc21. The van der Waals surface area contributed by atoms with Gasteiger partial charge in [-0.3, -0.25) is 14.8 Å². The number of amides is 1. The van der Waals surface area contributed by atoms with Crippen LogP contribution in [0.15, 0.2) is 30.6 Å². The fourth-order valence-electron chi connectivity index (χ4n) is 2.94. The molecular formula is C17H16Cl2FN3O2.